The van der Waals surface area contributed by atoms with Crippen LogP contribution in [-0.2, 0) is 0 Å². The summed E-state index contributed by atoms with van der Waals surface area (Å²) in [5.41, 5.74) is 0.731. The topological polar surface area (TPSA) is 17.1 Å². The van der Waals surface area contributed by atoms with Gasteiger partial charge >= 0.3 is 0 Å². The van der Waals surface area contributed by atoms with E-state index in [-0.39, 0.29) is 11.0 Å². The second-order valence-electron chi connectivity index (χ2n) is 2.41. The summed E-state index contributed by atoms with van der Waals surface area (Å²) in [4.78, 5) is 11.3. The molecule has 0 aliphatic rings. The lowest BCUT2D eigenvalue weighted by atomic mass is 10.1. The number of rotatable bonds is 2. The number of thiol groups is 1. The predicted molar refractivity (Wildman–Crippen MR) is 49.2 cm³/mol. The Bertz CT molecular complexity index is 241. The second-order valence-corrected chi connectivity index (χ2v) is 3.18. The van der Waals surface area contributed by atoms with Crippen LogP contribution in [0.25, 0.3) is 0 Å². The average molecular weight is 166 g/mol. The molecule has 11 heavy (non-hydrogen) atoms. The summed E-state index contributed by atoms with van der Waals surface area (Å²) in [5, 5.41) is -0.211. The zero-order chi connectivity index (χ0) is 8.27. The summed E-state index contributed by atoms with van der Waals surface area (Å²) in [5.74, 6) is 0.0777. The van der Waals surface area contributed by atoms with Crippen LogP contribution in [0.1, 0.15) is 17.3 Å². The number of benzene rings is 1. The lowest BCUT2D eigenvalue weighted by molar-refractivity contribution is 0.0994. The Balaban J connectivity index is 2.86. The van der Waals surface area contributed by atoms with Gasteiger partial charge in [0.1, 0.15) is 0 Å². The number of carbonyl (C=O) groups is 1. The van der Waals surface area contributed by atoms with Crippen molar-refractivity contribution >= 4 is 18.4 Å². The minimum atomic E-state index is -0.211. The molecule has 1 nitrogen and oxygen atoms in total. The van der Waals surface area contributed by atoms with E-state index in [4.69, 9.17) is 0 Å². The molecule has 0 N–H and O–H groups in total. The van der Waals surface area contributed by atoms with Gasteiger partial charge < -0.3 is 0 Å². The summed E-state index contributed by atoms with van der Waals surface area (Å²) >= 11 is 4.05. The fraction of sp³-hybridized carbons (Fsp3) is 0.222. The maximum absolute atomic E-state index is 11.3. The van der Waals surface area contributed by atoms with Crippen LogP contribution in [0.2, 0.25) is 0 Å². The third-order valence-electron chi connectivity index (χ3n) is 1.44. The minimum Gasteiger partial charge on any atom is -0.293 e. The minimum absolute atomic E-state index is 0.0777. The highest BCUT2D eigenvalue weighted by Gasteiger charge is 2.08. The molecular weight excluding hydrogens is 156 g/mol. The lowest BCUT2D eigenvalue weighted by Gasteiger charge is -2.01. The maximum atomic E-state index is 11.3. The van der Waals surface area contributed by atoms with E-state index in [1.165, 1.54) is 0 Å². The van der Waals surface area contributed by atoms with Crippen LogP contribution in [0.3, 0.4) is 0 Å². The molecule has 0 fully saturated rings. The Labute approximate surface area is 71.8 Å². The summed E-state index contributed by atoms with van der Waals surface area (Å²) in [6.07, 6.45) is 0. The van der Waals surface area contributed by atoms with Gasteiger partial charge in [0.25, 0.3) is 0 Å². The van der Waals surface area contributed by atoms with Gasteiger partial charge in [-0.2, -0.15) is 12.6 Å². The predicted octanol–water partition coefficient (Wildman–Crippen LogP) is 2.19. The molecule has 0 amide bonds. The van der Waals surface area contributed by atoms with Gasteiger partial charge in [0, 0.05) is 5.56 Å². The number of ketones is 1. The average Bonchev–Trinajstić information content (AvgIpc) is 2.05. The molecule has 0 spiro atoms. The van der Waals surface area contributed by atoms with Crippen LogP contribution < -0.4 is 0 Å². The van der Waals surface area contributed by atoms with E-state index in [1.807, 2.05) is 18.2 Å². The van der Waals surface area contributed by atoms with Crippen molar-refractivity contribution in [1.82, 2.24) is 0 Å². The Kier molecular flexibility index (Phi) is 2.71. The van der Waals surface area contributed by atoms with E-state index in [9.17, 15) is 4.79 Å². The molecular formula is C9H10OS. The van der Waals surface area contributed by atoms with Crippen molar-refractivity contribution in [1.29, 1.82) is 0 Å². The van der Waals surface area contributed by atoms with E-state index in [0.717, 1.165) is 5.56 Å². The second kappa shape index (κ2) is 3.58. The van der Waals surface area contributed by atoms with Crippen molar-refractivity contribution in [2.45, 2.75) is 12.2 Å². The van der Waals surface area contributed by atoms with Crippen molar-refractivity contribution < 1.29 is 4.79 Å². The molecule has 0 unspecified atom stereocenters. The van der Waals surface area contributed by atoms with Crippen molar-refractivity contribution in [2.75, 3.05) is 0 Å². The Morgan fingerprint density at radius 3 is 2.36 bits per heavy atom. The third kappa shape index (κ3) is 2.09. The summed E-state index contributed by atoms with van der Waals surface area (Å²) in [7, 11) is 0. The van der Waals surface area contributed by atoms with Gasteiger partial charge in [-0.15, -0.1) is 0 Å². The fourth-order valence-corrected chi connectivity index (χ4v) is 0.993. The highest BCUT2D eigenvalue weighted by Crippen LogP contribution is 2.06. The van der Waals surface area contributed by atoms with E-state index in [0.29, 0.717) is 0 Å². The molecule has 1 aromatic rings. The molecule has 1 atom stereocenters. The van der Waals surface area contributed by atoms with Gasteiger partial charge in [0.05, 0.1) is 5.25 Å². The number of Topliss-reactive ketones (excluding diaryl/α,β-unsaturated/α-hetero) is 1. The molecule has 0 radical (unpaired) electrons. The van der Waals surface area contributed by atoms with Gasteiger partial charge in [0.15, 0.2) is 5.78 Å². The molecule has 1 aromatic carbocycles. The smallest absolute Gasteiger partial charge is 0.175 e. The first kappa shape index (κ1) is 8.34. The van der Waals surface area contributed by atoms with Crippen LogP contribution in [0.15, 0.2) is 30.3 Å². The molecule has 0 bridgehead atoms. The highest BCUT2D eigenvalue weighted by molar-refractivity contribution is 7.81. The molecule has 0 saturated carbocycles. The zero-order valence-electron chi connectivity index (χ0n) is 6.32. The largest absolute Gasteiger partial charge is 0.293 e. The molecule has 0 aliphatic carbocycles. The molecule has 1 rings (SSSR count). The van der Waals surface area contributed by atoms with E-state index in [2.05, 4.69) is 12.6 Å². The number of hydrogen-bond acceptors (Lipinski definition) is 2. The van der Waals surface area contributed by atoms with Gasteiger partial charge in [0.2, 0.25) is 0 Å². The number of hydrogen-bond donors (Lipinski definition) is 1. The first-order valence-electron chi connectivity index (χ1n) is 3.49. The van der Waals surface area contributed by atoms with Gasteiger partial charge in [-0.3, -0.25) is 4.79 Å². The molecule has 0 heterocycles. The SMILES string of the molecule is C[C@H](S)C(=O)c1ccccc1. The molecule has 0 aliphatic heterocycles. The van der Waals surface area contributed by atoms with Gasteiger partial charge in [-0.1, -0.05) is 30.3 Å². The molecule has 0 aromatic heterocycles. The summed E-state index contributed by atoms with van der Waals surface area (Å²) in [6.45, 7) is 1.78. The van der Waals surface area contributed by atoms with Crippen LogP contribution in [-0.4, -0.2) is 11.0 Å². The van der Waals surface area contributed by atoms with Gasteiger partial charge in [-0.05, 0) is 6.92 Å². The molecule has 0 saturated heterocycles. The van der Waals surface area contributed by atoms with Crippen molar-refractivity contribution in [2.24, 2.45) is 0 Å². The standard InChI is InChI=1S/C9H10OS/c1-7(11)9(10)8-5-3-2-4-6-8/h2-7,11H,1H3/t7-/m0/s1. The summed E-state index contributed by atoms with van der Waals surface area (Å²) in [6, 6.07) is 9.19. The Hall–Kier alpha value is -0.760. The quantitative estimate of drug-likeness (QED) is 0.526. The first-order chi connectivity index (χ1) is 5.22. The van der Waals surface area contributed by atoms with Crippen LogP contribution in [0.4, 0.5) is 0 Å². The highest BCUT2D eigenvalue weighted by atomic mass is 32.1. The monoisotopic (exact) mass is 166 g/mol. The van der Waals surface area contributed by atoms with Crippen LogP contribution >= 0.6 is 12.6 Å². The lowest BCUT2D eigenvalue weighted by Crippen LogP contribution is -2.09. The van der Waals surface area contributed by atoms with E-state index >= 15 is 0 Å². The third-order valence-corrected chi connectivity index (χ3v) is 1.67. The van der Waals surface area contributed by atoms with Crippen molar-refractivity contribution in [3.8, 4) is 0 Å². The first-order valence-corrected chi connectivity index (χ1v) is 4.01. The van der Waals surface area contributed by atoms with E-state index < -0.39 is 0 Å². The van der Waals surface area contributed by atoms with Gasteiger partial charge in [-0.25, -0.2) is 0 Å². The number of carbonyl (C=O) groups excluding carboxylic acids is 1. The molecule has 58 valence electrons. The molecule has 2 heteroatoms. The van der Waals surface area contributed by atoms with Crippen LogP contribution in [0.5, 0.6) is 0 Å². The Morgan fingerprint density at radius 2 is 1.91 bits per heavy atom. The van der Waals surface area contributed by atoms with Crippen LogP contribution in [0, 0.1) is 0 Å². The maximum Gasteiger partial charge on any atom is 0.175 e. The fourth-order valence-electron chi connectivity index (χ4n) is 0.844. The van der Waals surface area contributed by atoms with E-state index in [1.54, 1.807) is 19.1 Å². The van der Waals surface area contributed by atoms with Crippen molar-refractivity contribution in [3.05, 3.63) is 35.9 Å². The Morgan fingerprint density at radius 1 is 1.36 bits per heavy atom. The van der Waals surface area contributed by atoms with Crippen molar-refractivity contribution in [3.63, 3.8) is 0 Å². The summed E-state index contributed by atoms with van der Waals surface area (Å²) < 4.78 is 0. The zero-order valence-corrected chi connectivity index (χ0v) is 7.21. The normalized spacial score (nSPS) is 12.5.